The first-order valence-corrected chi connectivity index (χ1v) is 9.77. The van der Waals surface area contributed by atoms with E-state index in [0.29, 0.717) is 5.76 Å². The monoisotopic (exact) mass is 399 g/mol. The Morgan fingerprint density at radius 3 is 2.33 bits per heavy atom. The number of rotatable bonds is 6. The van der Waals surface area contributed by atoms with E-state index in [9.17, 15) is 22.0 Å². The maximum atomic E-state index is 13.8. The second kappa shape index (κ2) is 8.15. The molecule has 0 atom stereocenters. The summed E-state index contributed by atoms with van der Waals surface area (Å²) in [5.41, 5.74) is 0. The normalized spacial score (nSPS) is 16.4. The highest BCUT2D eigenvalue weighted by Crippen LogP contribution is 2.23. The molecule has 10 heteroatoms. The first-order valence-electron chi connectivity index (χ1n) is 8.33. The lowest BCUT2D eigenvalue weighted by Crippen LogP contribution is -2.51. The van der Waals surface area contributed by atoms with Gasteiger partial charge in [-0.1, -0.05) is 6.07 Å². The van der Waals surface area contributed by atoms with Crippen LogP contribution < -0.4 is 5.32 Å². The van der Waals surface area contributed by atoms with Crippen LogP contribution in [0.1, 0.15) is 5.76 Å². The number of carbonyl (C=O) groups is 1. The van der Waals surface area contributed by atoms with Gasteiger partial charge in [0.25, 0.3) is 0 Å². The minimum absolute atomic E-state index is 0.0432. The Hall–Kier alpha value is -2.30. The maximum absolute atomic E-state index is 13.8. The molecule has 0 bridgehead atoms. The van der Waals surface area contributed by atoms with Crippen LogP contribution in [-0.4, -0.2) is 56.3 Å². The van der Waals surface area contributed by atoms with Gasteiger partial charge < -0.3 is 9.73 Å². The van der Waals surface area contributed by atoms with Crippen molar-refractivity contribution in [1.29, 1.82) is 0 Å². The molecular weight excluding hydrogens is 380 g/mol. The van der Waals surface area contributed by atoms with Crippen molar-refractivity contribution in [3.8, 4) is 0 Å². The van der Waals surface area contributed by atoms with Gasteiger partial charge in [0, 0.05) is 26.2 Å². The highest BCUT2D eigenvalue weighted by Gasteiger charge is 2.33. The zero-order chi connectivity index (χ0) is 19.4. The van der Waals surface area contributed by atoms with E-state index in [0.717, 1.165) is 22.5 Å². The number of hydrogen-bond acceptors (Lipinski definition) is 5. The summed E-state index contributed by atoms with van der Waals surface area (Å²) in [7, 11) is -4.27. The second-order valence-corrected chi connectivity index (χ2v) is 7.96. The molecule has 1 saturated heterocycles. The van der Waals surface area contributed by atoms with Gasteiger partial charge in [0.1, 0.15) is 17.4 Å². The van der Waals surface area contributed by atoms with Gasteiger partial charge in [-0.05, 0) is 24.3 Å². The van der Waals surface area contributed by atoms with Gasteiger partial charge in [0.15, 0.2) is 4.90 Å². The van der Waals surface area contributed by atoms with Gasteiger partial charge >= 0.3 is 0 Å². The molecule has 1 N–H and O–H groups in total. The van der Waals surface area contributed by atoms with Gasteiger partial charge in [0.05, 0.1) is 19.4 Å². The van der Waals surface area contributed by atoms with Crippen LogP contribution in [0.25, 0.3) is 0 Å². The van der Waals surface area contributed by atoms with Gasteiger partial charge in [-0.25, -0.2) is 17.2 Å². The molecule has 1 fully saturated rings. The van der Waals surface area contributed by atoms with Crippen LogP contribution in [0, 0.1) is 11.6 Å². The Bertz CT molecular complexity index is 875. The number of nitrogens with one attached hydrogen (secondary N) is 1. The Balaban J connectivity index is 1.54. The minimum Gasteiger partial charge on any atom is -0.467 e. The number of furan rings is 1. The average Bonchev–Trinajstić information content (AvgIpc) is 3.14. The Kier molecular flexibility index (Phi) is 5.88. The fraction of sp³-hybridized carbons (Fsp3) is 0.353. The Morgan fingerprint density at radius 2 is 1.74 bits per heavy atom. The lowest BCUT2D eigenvalue weighted by Gasteiger charge is -2.33. The standard InChI is InChI=1S/C17H19F2N3O4S/c18-14-4-1-5-15(19)17(14)27(24,25)22-8-6-21(7-9-22)12-16(23)20-11-13-3-2-10-26-13/h1-5,10H,6-9,11-12H2,(H,20,23). The molecule has 1 aliphatic rings. The molecular formula is C17H19F2N3O4S. The predicted octanol–water partition coefficient (Wildman–Crippen LogP) is 1.18. The van der Waals surface area contributed by atoms with Crippen molar-refractivity contribution in [1.82, 2.24) is 14.5 Å². The number of nitrogens with zero attached hydrogens (tertiary/aromatic N) is 2. The van der Waals surface area contributed by atoms with E-state index < -0.39 is 26.6 Å². The van der Waals surface area contributed by atoms with E-state index >= 15 is 0 Å². The topological polar surface area (TPSA) is 82.9 Å². The summed E-state index contributed by atoms with van der Waals surface area (Å²) in [5.74, 6) is -1.82. The summed E-state index contributed by atoms with van der Waals surface area (Å²) in [6.07, 6.45) is 1.51. The molecule has 146 valence electrons. The SMILES string of the molecule is O=C(CN1CCN(S(=O)(=O)c2c(F)cccc2F)CC1)NCc1ccco1. The third kappa shape index (κ3) is 4.52. The summed E-state index contributed by atoms with van der Waals surface area (Å²) in [5, 5.41) is 2.71. The fourth-order valence-corrected chi connectivity index (χ4v) is 4.38. The molecule has 1 aliphatic heterocycles. The molecule has 0 spiro atoms. The first-order chi connectivity index (χ1) is 12.9. The minimum atomic E-state index is -4.27. The van der Waals surface area contributed by atoms with Gasteiger partial charge in [-0.3, -0.25) is 9.69 Å². The van der Waals surface area contributed by atoms with E-state index in [-0.39, 0.29) is 45.2 Å². The number of amides is 1. The summed E-state index contributed by atoms with van der Waals surface area (Å²) in [6, 6.07) is 6.40. The molecule has 1 aromatic carbocycles. The molecule has 0 aliphatic carbocycles. The zero-order valence-corrected chi connectivity index (χ0v) is 15.2. The summed E-state index contributed by atoms with van der Waals surface area (Å²) in [6.45, 7) is 1.02. The summed E-state index contributed by atoms with van der Waals surface area (Å²) < 4.78 is 58.9. The summed E-state index contributed by atoms with van der Waals surface area (Å²) >= 11 is 0. The molecule has 3 rings (SSSR count). The molecule has 2 aromatic rings. The van der Waals surface area contributed by atoms with E-state index in [2.05, 4.69) is 5.32 Å². The van der Waals surface area contributed by atoms with Crippen molar-refractivity contribution in [3.05, 3.63) is 54.0 Å². The van der Waals surface area contributed by atoms with Crippen molar-refractivity contribution in [2.45, 2.75) is 11.4 Å². The van der Waals surface area contributed by atoms with Crippen LogP contribution in [0.3, 0.4) is 0 Å². The number of halogens is 2. The predicted molar refractivity (Wildman–Crippen MR) is 92.1 cm³/mol. The smallest absolute Gasteiger partial charge is 0.249 e. The molecule has 0 radical (unpaired) electrons. The number of piperazine rings is 1. The van der Waals surface area contributed by atoms with Crippen molar-refractivity contribution in [3.63, 3.8) is 0 Å². The van der Waals surface area contributed by atoms with E-state index in [1.165, 1.54) is 6.26 Å². The van der Waals surface area contributed by atoms with Crippen LogP contribution in [0.15, 0.2) is 45.9 Å². The van der Waals surface area contributed by atoms with Crippen molar-refractivity contribution in [2.75, 3.05) is 32.7 Å². The highest BCUT2D eigenvalue weighted by atomic mass is 32.2. The molecule has 2 heterocycles. The maximum Gasteiger partial charge on any atom is 0.249 e. The highest BCUT2D eigenvalue weighted by molar-refractivity contribution is 7.89. The quantitative estimate of drug-likeness (QED) is 0.789. The Morgan fingerprint density at radius 1 is 1.07 bits per heavy atom. The largest absolute Gasteiger partial charge is 0.467 e. The van der Waals surface area contributed by atoms with E-state index in [4.69, 9.17) is 4.42 Å². The number of sulfonamides is 1. The molecule has 7 nitrogen and oxygen atoms in total. The second-order valence-electron chi connectivity index (χ2n) is 6.09. The molecule has 0 saturated carbocycles. The number of benzene rings is 1. The Labute approximate surface area is 155 Å². The van der Waals surface area contributed by atoms with E-state index in [1.807, 2.05) is 0 Å². The van der Waals surface area contributed by atoms with Crippen molar-refractivity contribution in [2.24, 2.45) is 0 Å². The first kappa shape index (κ1) is 19.5. The third-order valence-electron chi connectivity index (χ3n) is 4.26. The van der Waals surface area contributed by atoms with Gasteiger partial charge in [0.2, 0.25) is 15.9 Å². The van der Waals surface area contributed by atoms with Crippen LogP contribution in [0.4, 0.5) is 8.78 Å². The number of hydrogen-bond donors (Lipinski definition) is 1. The molecule has 1 aromatic heterocycles. The molecule has 1 amide bonds. The average molecular weight is 399 g/mol. The van der Waals surface area contributed by atoms with Crippen LogP contribution in [-0.2, 0) is 21.4 Å². The fourth-order valence-electron chi connectivity index (χ4n) is 2.84. The number of carbonyl (C=O) groups excluding carboxylic acids is 1. The molecule has 0 unspecified atom stereocenters. The van der Waals surface area contributed by atoms with E-state index in [1.54, 1.807) is 17.0 Å². The van der Waals surface area contributed by atoms with Crippen LogP contribution in [0.2, 0.25) is 0 Å². The molecule has 27 heavy (non-hydrogen) atoms. The lowest BCUT2D eigenvalue weighted by atomic mass is 10.3. The zero-order valence-electron chi connectivity index (χ0n) is 14.4. The van der Waals surface area contributed by atoms with Crippen LogP contribution >= 0.6 is 0 Å². The van der Waals surface area contributed by atoms with Crippen molar-refractivity contribution >= 4 is 15.9 Å². The third-order valence-corrected chi connectivity index (χ3v) is 6.21. The lowest BCUT2D eigenvalue weighted by molar-refractivity contribution is -0.122. The van der Waals surface area contributed by atoms with Crippen molar-refractivity contribution < 1.29 is 26.4 Å². The van der Waals surface area contributed by atoms with Crippen LogP contribution in [0.5, 0.6) is 0 Å². The van der Waals surface area contributed by atoms with Gasteiger partial charge in [-0.15, -0.1) is 0 Å². The summed E-state index contributed by atoms with van der Waals surface area (Å²) in [4.78, 5) is 12.8. The van der Waals surface area contributed by atoms with Gasteiger partial charge in [-0.2, -0.15) is 4.31 Å².